The first-order chi connectivity index (χ1) is 9.54. The zero-order valence-corrected chi connectivity index (χ0v) is 11.8. The van der Waals surface area contributed by atoms with Crippen LogP contribution in [0, 0.1) is 6.92 Å². The third-order valence-corrected chi connectivity index (χ3v) is 2.86. The molecule has 20 heavy (non-hydrogen) atoms. The summed E-state index contributed by atoms with van der Waals surface area (Å²) in [5.74, 6) is 0.853. The molecule has 0 spiro atoms. The molecule has 5 heteroatoms. The Morgan fingerprint density at radius 3 is 2.60 bits per heavy atom. The van der Waals surface area contributed by atoms with Crippen LogP contribution in [0.2, 0.25) is 0 Å². The van der Waals surface area contributed by atoms with Crippen LogP contribution in [-0.4, -0.2) is 16.2 Å². The number of H-pyrrole nitrogens is 1. The first kappa shape index (κ1) is 14.0. The minimum absolute atomic E-state index is 0.198. The Hall–Kier alpha value is -2.43. The number of rotatable bonds is 4. The van der Waals surface area contributed by atoms with E-state index in [9.17, 15) is 4.79 Å². The molecule has 0 radical (unpaired) electrons. The summed E-state index contributed by atoms with van der Waals surface area (Å²) in [5, 5.41) is 4.06. The van der Waals surface area contributed by atoms with Crippen LogP contribution < -0.4 is 11.0 Å². The third kappa shape index (κ3) is 3.78. The van der Waals surface area contributed by atoms with Gasteiger partial charge >= 0.3 is 0 Å². The van der Waals surface area contributed by atoms with Crippen LogP contribution in [0.15, 0.2) is 40.2 Å². The van der Waals surface area contributed by atoms with Crippen molar-refractivity contribution in [3.8, 4) is 0 Å². The second kappa shape index (κ2) is 6.14. The molecule has 1 aromatic heterocycles. The van der Waals surface area contributed by atoms with Gasteiger partial charge in [-0.05, 0) is 24.0 Å². The van der Waals surface area contributed by atoms with Crippen molar-refractivity contribution in [2.24, 2.45) is 5.10 Å². The Labute approximate surface area is 117 Å². The minimum atomic E-state index is -0.198. The quantitative estimate of drug-likeness (QED) is 0.663. The maximum atomic E-state index is 11.3. The van der Waals surface area contributed by atoms with E-state index in [4.69, 9.17) is 0 Å². The van der Waals surface area contributed by atoms with Gasteiger partial charge in [0, 0.05) is 11.8 Å². The molecule has 2 aromatic rings. The summed E-state index contributed by atoms with van der Waals surface area (Å²) in [6, 6.07) is 9.61. The van der Waals surface area contributed by atoms with Gasteiger partial charge in [0.1, 0.15) is 0 Å². The van der Waals surface area contributed by atoms with Crippen LogP contribution in [0.3, 0.4) is 0 Å². The zero-order chi connectivity index (χ0) is 14.5. The highest BCUT2D eigenvalue weighted by atomic mass is 16.1. The third-order valence-electron chi connectivity index (χ3n) is 2.86. The highest BCUT2D eigenvalue weighted by molar-refractivity contribution is 5.80. The van der Waals surface area contributed by atoms with Crippen LogP contribution in [0.25, 0.3) is 0 Å². The average molecular weight is 270 g/mol. The second-order valence-corrected chi connectivity index (χ2v) is 4.93. The van der Waals surface area contributed by atoms with E-state index in [1.54, 1.807) is 13.1 Å². The molecule has 0 bridgehead atoms. The fourth-order valence-electron chi connectivity index (χ4n) is 1.77. The highest BCUT2D eigenvalue weighted by Gasteiger charge is 1.98. The van der Waals surface area contributed by atoms with Crippen LogP contribution in [-0.2, 0) is 0 Å². The molecule has 104 valence electrons. The maximum absolute atomic E-state index is 11.3. The van der Waals surface area contributed by atoms with E-state index in [1.165, 1.54) is 11.6 Å². The molecule has 5 nitrogen and oxygen atoms in total. The first-order valence-electron chi connectivity index (χ1n) is 6.51. The van der Waals surface area contributed by atoms with Gasteiger partial charge in [0.05, 0.1) is 6.21 Å². The molecule has 0 fully saturated rings. The Balaban J connectivity index is 2.04. The number of hydrazone groups is 1. The summed E-state index contributed by atoms with van der Waals surface area (Å²) in [6.45, 7) is 6.07. The highest BCUT2D eigenvalue weighted by Crippen LogP contribution is 2.13. The minimum Gasteiger partial charge on any atom is -0.291 e. The van der Waals surface area contributed by atoms with E-state index < -0.39 is 0 Å². The van der Waals surface area contributed by atoms with Crippen molar-refractivity contribution in [1.82, 2.24) is 9.97 Å². The van der Waals surface area contributed by atoms with Crippen molar-refractivity contribution < 1.29 is 0 Å². The van der Waals surface area contributed by atoms with Gasteiger partial charge in [0.15, 0.2) is 0 Å². The standard InChI is InChI=1S/C15H18N4O/c1-10(2)13-6-4-12(5-7-13)9-16-19-15-17-11(3)8-14(20)18-15/h4-10H,1-3H3,(H2,17,18,19,20). The summed E-state index contributed by atoms with van der Waals surface area (Å²) >= 11 is 0. The topological polar surface area (TPSA) is 70.1 Å². The van der Waals surface area contributed by atoms with Gasteiger partial charge < -0.3 is 0 Å². The fourth-order valence-corrected chi connectivity index (χ4v) is 1.77. The SMILES string of the molecule is Cc1cc(=O)[nH]c(NN=Cc2ccc(C(C)C)cc2)n1. The Morgan fingerprint density at radius 1 is 1.30 bits per heavy atom. The van der Waals surface area contributed by atoms with Gasteiger partial charge in [-0.3, -0.25) is 9.78 Å². The number of aromatic nitrogens is 2. The molecule has 0 unspecified atom stereocenters. The Kier molecular flexibility index (Phi) is 4.30. The van der Waals surface area contributed by atoms with Gasteiger partial charge in [-0.2, -0.15) is 5.10 Å². The Bertz CT molecular complexity index is 656. The number of hydrogen-bond acceptors (Lipinski definition) is 4. The van der Waals surface area contributed by atoms with Crippen molar-refractivity contribution in [2.75, 3.05) is 5.43 Å². The number of benzene rings is 1. The van der Waals surface area contributed by atoms with E-state index in [1.807, 2.05) is 12.1 Å². The lowest BCUT2D eigenvalue weighted by Gasteiger charge is -2.04. The molecule has 0 aliphatic carbocycles. The number of anilines is 1. The van der Waals surface area contributed by atoms with Gasteiger partial charge in [0.2, 0.25) is 5.95 Å². The van der Waals surface area contributed by atoms with Crippen LogP contribution in [0.1, 0.15) is 36.6 Å². The Morgan fingerprint density at radius 2 is 2.00 bits per heavy atom. The maximum Gasteiger partial charge on any atom is 0.252 e. The van der Waals surface area contributed by atoms with Crippen LogP contribution in [0.4, 0.5) is 5.95 Å². The predicted octanol–water partition coefficient (Wildman–Crippen LogP) is 2.65. The number of aromatic amines is 1. The lowest BCUT2D eigenvalue weighted by atomic mass is 10.0. The van der Waals surface area contributed by atoms with Crippen molar-refractivity contribution in [2.45, 2.75) is 26.7 Å². The van der Waals surface area contributed by atoms with Crippen LogP contribution >= 0.6 is 0 Å². The molecule has 0 aliphatic heterocycles. The lowest BCUT2D eigenvalue weighted by molar-refractivity contribution is 0.866. The summed E-state index contributed by atoms with van der Waals surface area (Å²) in [6.07, 6.45) is 1.69. The summed E-state index contributed by atoms with van der Waals surface area (Å²) in [7, 11) is 0. The zero-order valence-electron chi connectivity index (χ0n) is 11.8. The van der Waals surface area contributed by atoms with E-state index in [0.717, 1.165) is 5.56 Å². The van der Waals surface area contributed by atoms with Gasteiger partial charge in [-0.15, -0.1) is 0 Å². The molecule has 0 aliphatic rings. The van der Waals surface area contributed by atoms with Crippen molar-refractivity contribution in [1.29, 1.82) is 0 Å². The monoisotopic (exact) mass is 270 g/mol. The summed E-state index contributed by atoms with van der Waals surface area (Å²) in [5.41, 5.74) is 5.44. The smallest absolute Gasteiger partial charge is 0.252 e. The van der Waals surface area contributed by atoms with E-state index in [0.29, 0.717) is 17.6 Å². The second-order valence-electron chi connectivity index (χ2n) is 4.93. The summed E-state index contributed by atoms with van der Waals surface area (Å²) < 4.78 is 0. The molecule has 0 atom stereocenters. The predicted molar refractivity (Wildman–Crippen MR) is 81.3 cm³/mol. The lowest BCUT2D eigenvalue weighted by Crippen LogP contribution is -2.10. The first-order valence-corrected chi connectivity index (χ1v) is 6.51. The number of hydrogen-bond donors (Lipinski definition) is 2. The molecule has 1 aromatic carbocycles. The normalized spacial score (nSPS) is 11.2. The average Bonchev–Trinajstić information content (AvgIpc) is 2.38. The largest absolute Gasteiger partial charge is 0.291 e. The van der Waals surface area contributed by atoms with Crippen molar-refractivity contribution >= 4 is 12.2 Å². The number of nitrogens with one attached hydrogen (secondary N) is 2. The summed E-state index contributed by atoms with van der Waals surface area (Å²) in [4.78, 5) is 17.9. The van der Waals surface area contributed by atoms with E-state index in [-0.39, 0.29) is 5.56 Å². The molecule has 0 saturated carbocycles. The number of nitrogens with zero attached hydrogens (tertiary/aromatic N) is 2. The van der Waals surface area contributed by atoms with Crippen LogP contribution in [0.5, 0.6) is 0 Å². The van der Waals surface area contributed by atoms with Gasteiger partial charge in [-0.1, -0.05) is 38.1 Å². The molecule has 2 rings (SSSR count). The van der Waals surface area contributed by atoms with Gasteiger partial charge in [-0.25, -0.2) is 10.4 Å². The van der Waals surface area contributed by atoms with Crippen molar-refractivity contribution in [3.63, 3.8) is 0 Å². The van der Waals surface area contributed by atoms with Crippen molar-refractivity contribution in [3.05, 3.63) is 57.5 Å². The molecule has 0 saturated heterocycles. The number of aryl methyl sites for hydroxylation is 1. The van der Waals surface area contributed by atoms with E-state index >= 15 is 0 Å². The molecule has 2 N–H and O–H groups in total. The van der Waals surface area contributed by atoms with E-state index in [2.05, 4.69) is 46.5 Å². The molecule has 1 heterocycles. The molecular formula is C15H18N4O. The molecular weight excluding hydrogens is 252 g/mol. The molecule has 0 amide bonds. The van der Waals surface area contributed by atoms with Gasteiger partial charge in [0.25, 0.3) is 5.56 Å². The fraction of sp³-hybridized carbons (Fsp3) is 0.267.